The van der Waals surface area contributed by atoms with Gasteiger partial charge in [-0.2, -0.15) is 0 Å². The third-order valence-corrected chi connectivity index (χ3v) is 3.68. The summed E-state index contributed by atoms with van der Waals surface area (Å²) in [6, 6.07) is 27.1. The molecule has 6 heteroatoms. The minimum absolute atomic E-state index is 0.318. The van der Waals surface area contributed by atoms with Crippen molar-refractivity contribution in [2.75, 3.05) is 0 Å². The van der Waals surface area contributed by atoms with Gasteiger partial charge in [0.25, 0.3) is 0 Å². The van der Waals surface area contributed by atoms with Crippen LogP contribution in [0.15, 0.2) is 91.0 Å². The van der Waals surface area contributed by atoms with E-state index in [0.717, 1.165) is 0 Å². The van der Waals surface area contributed by atoms with Gasteiger partial charge in [0.1, 0.15) is 0 Å². The van der Waals surface area contributed by atoms with Crippen LogP contribution < -0.4 is 0 Å². The second-order valence-electron chi connectivity index (χ2n) is 6.04. The van der Waals surface area contributed by atoms with Crippen molar-refractivity contribution >= 4 is 11.9 Å². The number of hydrogen-bond donors (Lipinski definition) is 2. The standard InChI is InChI=1S/C14H10O4.C9H12.H2O2/c15-13(11-7-3-1-4-8-11)17-18-14(16)12-9-5-2-6-10-12;1-8(2)9-6-4-3-5-7-9;1-2/h1-10H;3-8H,1-2H3;1-2H. The Bertz CT molecular complexity index is 782. The minimum Gasteiger partial charge on any atom is -0.255 e. The van der Waals surface area contributed by atoms with E-state index in [9.17, 15) is 9.59 Å². The van der Waals surface area contributed by atoms with E-state index in [2.05, 4.69) is 47.9 Å². The molecule has 3 aromatic carbocycles. The molecule has 0 amide bonds. The van der Waals surface area contributed by atoms with Crippen molar-refractivity contribution < 1.29 is 29.9 Å². The summed E-state index contributed by atoms with van der Waals surface area (Å²) in [4.78, 5) is 31.9. The van der Waals surface area contributed by atoms with Crippen molar-refractivity contribution in [2.24, 2.45) is 0 Å². The number of rotatable bonds is 3. The highest BCUT2D eigenvalue weighted by Gasteiger charge is 2.13. The molecule has 152 valence electrons. The van der Waals surface area contributed by atoms with Crippen molar-refractivity contribution in [2.45, 2.75) is 19.8 Å². The molecule has 0 aliphatic carbocycles. The summed E-state index contributed by atoms with van der Waals surface area (Å²) < 4.78 is 0. The molecule has 0 heterocycles. The fourth-order valence-corrected chi connectivity index (χ4v) is 2.16. The van der Waals surface area contributed by atoms with Crippen molar-refractivity contribution in [3.8, 4) is 0 Å². The molecule has 0 unspecified atom stereocenters. The molecule has 0 aliphatic rings. The number of benzene rings is 3. The van der Waals surface area contributed by atoms with Crippen LogP contribution in [0.2, 0.25) is 0 Å². The van der Waals surface area contributed by atoms with Crippen molar-refractivity contribution in [1.82, 2.24) is 0 Å². The lowest BCUT2D eigenvalue weighted by atomic mass is 10.0. The zero-order valence-electron chi connectivity index (χ0n) is 16.3. The molecular weight excluding hydrogens is 372 g/mol. The van der Waals surface area contributed by atoms with Crippen LogP contribution >= 0.6 is 0 Å². The third kappa shape index (κ3) is 8.83. The molecule has 0 radical (unpaired) electrons. The first-order valence-corrected chi connectivity index (χ1v) is 8.86. The Morgan fingerprint density at radius 1 is 0.621 bits per heavy atom. The molecule has 2 N–H and O–H groups in total. The zero-order chi connectivity index (χ0) is 21.5. The summed E-state index contributed by atoms with van der Waals surface area (Å²) in [5.41, 5.74) is 2.05. The molecule has 0 aromatic heterocycles. The Labute approximate surface area is 169 Å². The molecule has 0 saturated carbocycles. The first kappa shape index (κ1) is 23.6. The normalized spacial score (nSPS) is 9.28. The fourth-order valence-electron chi connectivity index (χ4n) is 2.16. The topological polar surface area (TPSA) is 93.1 Å². The second kappa shape index (κ2) is 13.7. The Morgan fingerprint density at radius 2 is 0.931 bits per heavy atom. The van der Waals surface area contributed by atoms with Crippen LogP contribution in [0.3, 0.4) is 0 Å². The van der Waals surface area contributed by atoms with E-state index >= 15 is 0 Å². The molecule has 0 spiro atoms. The maximum Gasteiger partial charge on any atom is 0.386 e. The van der Waals surface area contributed by atoms with Crippen molar-refractivity contribution in [3.63, 3.8) is 0 Å². The number of carbonyl (C=O) groups is 2. The molecule has 0 saturated heterocycles. The molecule has 0 atom stereocenters. The number of carbonyl (C=O) groups excluding carboxylic acids is 2. The molecular formula is C23H24O6. The SMILES string of the molecule is CC(C)c1ccccc1.O=C(OOC(=O)c1ccccc1)c1ccccc1.OO. The fraction of sp³-hybridized carbons (Fsp3) is 0.130. The van der Waals surface area contributed by atoms with E-state index in [0.29, 0.717) is 17.0 Å². The van der Waals surface area contributed by atoms with Crippen LogP contribution in [-0.2, 0) is 9.78 Å². The summed E-state index contributed by atoms with van der Waals surface area (Å²) in [6.45, 7) is 4.41. The van der Waals surface area contributed by atoms with Gasteiger partial charge >= 0.3 is 11.9 Å². The largest absolute Gasteiger partial charge is 0.386 e. The predicted molar refractivity (Wildman–Crippen MR) is 110 cm³/mol. The minimum atomic E-state index is -0.708. The summed E-state index contributed by atoms with van der Waals surface area (Å²) in [6.07, 6.45) is 0. The van der Waals surface area contributed by atoms with Gasteiger partial charge in [0, 0.05) is 0 Å². The average molecular weight is 396 g/mol. The van der Waals surface area contributed by atoms with Crippen molar-refractivity contribution in [1.29, 1.82) is 0 Å². The van der Waals surface area contributed by atoms with Crippen LogP contribution in [-0.4, -0.2) is 22.5 Å². The summed E-state index contributed by atoms with van der Waals surface area (Å²) in [5.74, 6) is -0.758. The van der Waals surface area contributed by atoms with E-state index < -0.39 is 11.9 Å². The lowest BCUT2D eigenvalue weighted by Crippen LogP contribution is -2.11. The quantitative estimate of drug-likeness (QED) is 0.452. The van der Waals surface area contributed by atoms with Gasteiger partial charge < -0.3 is 0 Å². The van der Waals surface area contributed by atoms with Crippen LogP contribution in [0.25, 0.3) is 0 Å². The molecule has 29 heavy (non-hydrogen) atoms. The Morgan fingerprint density at radius 3 is 1.21 bits per heavy atom. The van der Waals surface area contributed by atoms with Crippen LogP contribution in [0.4, 0.5) is 0 Å². The van der Waals surface area contributed by atoms with E-state index in [1.807, 2.05) is 6.07 Å². The Kier molecular flexibility index (Phi) is 11.1. The number of hydrogen-bond acceptors (Lipinski definition) is 6. The second-order valence-corrected chi connectivity index (χ2v) is 6.04. The van der Waals surface area contributed by atoms with Crippen LogP contribution in [0.5, 0.6) is 0 Å². The van der Waals surface area contributed by atoms with E-state index in [1.54, 1.807) is 60.7 Å². The summed E-state index contributed by atoms with van der Waals surface area (Å²) in [5, 5.41) is 12.0. The molecule has 3 aromatic rings. The lowest BCUT2D eigenvalue weighted by Gasteiger charge is -2.02. The van der Waals surface area contributed by atoms with E-state index in [-0.39, 0.29) is 0 Å². The first-order chi connectivity index (χ1) is 14.1. The van der Waals surface area contributed by atoms with Gasteiger partial charge in [0.15, 0.2) is 0 Å². The highest BCUT2D eigenvalue weighted by atomic mass is 17.2. The van der Waals surface area contributed by atoms with Gasteiger partial charge in [-0.1, -0.05) is 80.6 Å². The molecule has 0 aliphatic heterocycles. The zero-order valence-corrected chi connectivity index (χ0v) is 16.3. The van der Waals surface area contributed by atoms with Gasteiger partial charge in [-0.25, -0.2) is 19.4 Å². The van der Waals surface area contributed by atoms with E-state index in [4.69, 9.17) is 10.5 Å². The molecule has 0 fully saturated rings. The highest BCUT2D eigenvalue weighted by molar-refractivity contribution is 5.92. The summed E-state index contributed by atoms with van der Waals surface area (Å²) >= 11 is 0. The Hall–Kier alpha value is -3.48. The maximum atomic E-state index is 11.5. The van der Waals surface area contributed by atoms with Gasteiger partial charge in [0.05, 0.1) is 11.1 Å². The van der Waals surface area contributed by atoms with Gasteiger partial charge in [-0.3, -0.25) is 10.5 Å². The lowest BCUT2D eigenvalue weighted by molar-refractivity contribution is -0.187. The van der Waals surface area contributed by atoms with Gasteiger partial charge in [-0.15, -0.1) is 0 Å². The van der Waals surface area contributed by atoms with Crippen LogP contribution in [0, 0.1) is 0 Å². The molecule has 3 rings (SSSR count). The summed E-state index contributed by atoms with van der Waals surface area (Å²) in [7, 11) is 0. The highest BCUT2D eigenvalue weighted by Crippen LogP contribution is 2.11. The molecule has 6 nitrogen and oxygen atoms in total. The van der Waals surface area contributed by atoms with Gasteiger partial charge in [-0.05, 0) is 35.7 Å². The predicted octanol–water partition coefficient (Wildman–Crippen LogP) is 5.44. The van der Waals surface area contributed by atoms with Gasteiger partial charge in [0.2, 0.25) is 0 Å². The van der Waals surface area contributed by atoms with E-state index in [1.165, 1.54) is 5.56 Å². The van der Waals surface area contributed by atoms with Crippen molar-refractivity contribution in [3.05, 3.63) is 108 Å². The molecule has 0 bridgehead atoms. The smallest absolute Gasteiger partial charge is 0.255 e. The maximum absolute atomic E-state index is 11.5. The average Bonchev–Trinajstić information content (AvgIpc) is 2.80. The van der Waals surface area contributed by atoms with Crippen LogP contribution in [0.1, 0.15) is 46.0 Å². The monoisotopic (exact) mass is 396 g/mol. The first-order valence-electron chi connectivity index (χ1n) is 8.86. The third-order valence-electron chi connectivity index (χ3n) is 3.68. The Balaban J connectivity index is 0.000000321.